The maximum Gasteiger partial charge on any atom is 0.220 e. The van der Waals surface area contributed by atoms with Crippen molar-refractivity contribution in [3.8, 4) is 0 Å². The molecule has 0 aromatic heterocycles. The number of carbonyl (C=O) groups excluding carboxylic acids is 2. The molecular formula is C11H17NO3. The first-order valence-electron chi connectivity index (χ1n) is 5.66. The highest BCUT2D eigenvalue weighted by atomic mass is 16.5. The number of nitrogens with one attached hydrogen (secondary N) is 1. The van der Waals surface area contributed by atoms with Crippen LogP contribution in [-0.4, -0.2) is 30.4 Å². The number of ketones is 1. The lowest BCUT2D eigenvalue weighted by molar-refractivity contribution is -0.123. The van der Waals surface area contributed by atoms with Crippen molar-refractivity contribution < 1.29 is 14.3 Å². The zero-order valence-electron chi connectivity index (χ0n) is 8.83. The summed E-state index contributed by atoms with van der Waals surface area (Å²) in [5.74, 6) is 0.478. The highest BCUT2D eigenvalue weighted by Gasteiger charge is 2.24. The van der Waals surface area contributed by atoms with Crippen LogP contribution in [0.3, 0.4) is 0 Å². The molecule has 1 aliphatic carbocycles. The molecule has 2 rings (SSSR count). The topological polar surface area (TPSA) is 55.4 Å². The van der Waals surface area contributed by atoms with E-state index in [2.05, 4.69) is 5.32 Å². The quantitative estimate of drug-likeness (QED) is 0.751. The molecule has 1 atom stereocenters. The van der Waals surface area contributed by atoms with Crippen molar-refractivity contribution in [3.63, 3.8) is 0 Å². The number of ether oxygens (including phenoxy) is 1. The fraction of sp³-hybridized carbons (Fsp3) is 0.818. The molecule has 4 heteroatoms. The van der Waals surface area contributed by atoms with Crippen molar-refractivity contribution in [3.05, 3.63) is 0 Å². The number of hydrogen-bond donors (Lipinski definition) is 1. The Morgan fingerprint density at radius 1 is 1.13 bits per heavy atom. The van der Waals surface area contributed by atoms with Gasteiger partial charge in [-0.05, 0) is 19.3 Å². The van der Waals surface area contributed by atoms with E-state index in [0.29, 0.717) is 31.7 Å². The summed E-state index contributed by atoms with van der Waals surface area (Å²) in [6, 6.07) is 0.190. The number of hydrogen-bond acceptors (Lipinski definition) is 3. The second-order valence-electron chi connectivity index (χ2n) is 4.37. The second kappa shape index (κ2) is 4.75. The van der Waals surface area contributed by atoms with E-state index in [1.807, 2.05) is 0 Å². The average Bonchev–Trinajstić information content (AvgIpc) is 2.64. The molecule has 1 N–H and O–H groups in total. The van der Waals surface area contributed by atoms with Gasteiger partial charge in [0, 0.05) is 19.3 Å². The first kappa shape index (κ1) is 10.6. The minimum absolute atomic E-state index is 0.127. The summed E-state index contributed by atoms with van der Waals surface area (Å²) in [4.78, 5) is 21.9. The van der Waals surface area contributed by atoms with E-state index in [-0.39, 0.29) is 18.1 Å². The van der Waals surface area contributed by atoms with Crippen LogP contribution >= 0.6 is 0 Å². The third-order valence-corrected chi connectivity index (χ3v) is 3.11. The first-order chi connectivity index (χ1) is 7.24. The first-order valence-corrected chi connectivity index (χ1v) is 5.66. The molecule has 0 aromatic rings. The summed E-state index contributed by atoms with van der Waals surface area (Å²) in [6.45, 7) is 0.602. The van der Waals surface area contributed by atoms with Crippen molar-refractivity contribution >= 4 is 11.7 Å². The average molecular weight is 211 g/mol. The predicted molar refractivity (Wildman–Crippen MR) is 54.4 cm³/mol. The smallest absolute Gasteiger partial charge is 0.220 e. The van der Waals surface area contributed by atoms with Crippen LogP contribution in [0.1, 0.15) is 38.5 Å². The lowest BCUT2D eigenvalue weighted by Gasteiger charge is -2.23. The molecule has 84 valence electrons. The van der Waals surface area contributed by atoms with Gasteiger partial charge in [-0.25, -0.2) is 0 Å². The molecule has 2 aliphatic rings. The van der Waals surface area contributed by atoms with Crippen LogP contribution in [0.15, 0.2) is 0 Å². The van der Waals surface area contributed by atoms with Crippen LogP contribution in [0.5, 0.6) is 0 Å². The Morgan fingerprint density at radius 2 is 1.87 bits per heavy atom. The van der Waals surface area contributed by atoms with Crippen molar-refractivity contribution in [1.29, 1.82) is 0 Å². The second-order valence-corrected chi connectivity index (χ2v) is 4.37. The van der Waals surface area contributed by atoms with E-state index in [1.54, 1.807) is 0 Å². The Morgan fingerprint density at radius 3 is 2.47 bits per heavy atom. The molecule has 0 radical (unpaired) electrons. The summed E-state index contributed by atoms with van der Waals surface area (Å²) in [5.41, 5.74) is 0. The predicted octanol–water partition coefficient (Wildman–Crippen LogP) is 0.793. The third-order valence-electron chi connectivity index (χ3n) is 3.11. The van der Waals surface area contributed by atoms with Crippen LogP contribution in [0.25, 0.3) is 0 Å². The van der Waals surface area contributed by atoms with Gasteiger partial charge in [0.05, 0.1) is 18.8 Å². The highest BCUT2D eigenvalue weighted by Crippen LogP contribution is 2.19. The van der Waals surface area contributed by atoms with Gasteiger partial charge in [-0.1, -0.05) is 0 Å². The van der Waals surface area contributed by atoms with Crippen LogP contribution in [0.2, 0.25) is 0 Å². The van der Waals surface area contributed by atoms with Gasteiger partial charge < -0.3 is 10.1 Å². The number of rotatable bonds is 3. The molecular weight excluding hydrogens is 194 g/mol. The Kier molecular flexibility index (Phi) is 3.36. The Labute approximate surface area is 89.4 Å². The van der Waals surface area contributed by atoms with Gasteiger partial charge in [-0.3, -0.25) is 9.59 Å². The fourth-order valence-electron chi connectivity index (χ4n) is 2.13. The molecule has 0 bridgehead atoms. The van der Waals surface area contributed by atoms with Crippen LogP contribution in [0, 0.1) is 0 Å². The largest absolute Gasteiger partial charge is 0.376 e. The zero-order valence-corrected chi connectivity index (χ0v) is 8.83. The molecule has 1 unspecified atom stereocenters. The van der Waals surface area contributed by atoms with Crippen molar-refractivity contribution in [2.75, 3.05) is 6.61 Å². The lowest BCUT2D eigenvalue weighted by Crippen LogP contribution is -2.32. The molecule has 1 saturated heterocycles. The summed E-state index contributed by atoms with van der Waals surface area (Å²) in [7, 11) is 0. The van der Waals surface area contributed by atoms with Gasteiger partial charge in [-0.15, -0.1) is 0 Å². The lowest BCUT2D eigenvalue weighted by atomic mass is 9.96. The maximum absolute atomic E-state index is 11.0. The SMILES string of the molecule is O=C1CCC(OCC2CCC(=O)N2)CC1. The fourth-order valence-corrected chi connectivity index (χ4v) is 2.13. The standard InChI is InChI=1S/C11H17NO3/c13-9-2-4-10(5-3-9)15-7-8-1-6-11(14)12-8/h8,10H,1-7H2,(H,12,14). The molecule has 2 fully saturated rings. The minimum atomic E-state index is 0.127. The zero-order chi connectivity index (χ0) is 10.7. The number of carbonyl (C=O) groups is 2. The van der Waals surface area contributed by atoms with Crippen molar-refractivity contribution in [2.45, 2.75) is 50.7 Å². The van der Waals surface area contributed by atoms with E-state index >= 15 is 0 Å². The summed E-state index contributed by atoms with van der Waals surface area (Å²) >= 11 is 0. The van der Waals surface area contributed by atoms with Gasteiger partial charge >= 0.3 is 0 Å². The van der Waals surface area contributed by atoms with Gasteiger partial charge in [0.25, 0.3) is 0 Å². The van der Waals surface area contributed by atoms with Gasteiger partial charge in [0.15, 0.2) is 0 Å². The molecule has 0 spiro atoms. The molecule has 1 saturated carbocycles. The molecule has 1 amide bonds. The Balaban J connectivity index is 1.65. The van der Waals surface area contributed by atoms with E-state index in [1.165, 1.54) is 0 Å². The summed E-state index contributed by atoms with van der Waals surface area (Å²) in [5, 5.41) is 2.87. The van der Waals surface area contributed by atoms with E-state index < -0.39 is 0 Å². The van der Waals surface area contributed by atoms with E-state index in [9.17, 15) is 9.59 Å². The molecule has 1 heterocycles. The molecule has 1 aliphatic heterocycles. The molecule has 15 heavy (non-hydrogen) atoms. The normalized spacial score (nSPS) is 28.1. The van der Waals surface area contributed by atoms with Gasteiger partial charge in [0.2, 0.25) is 5.91 Å². The molecule has 0 aromatic carbocycles. The maximum atomic E-state index is 11.0. The van der Waals surface area contributed by atoms with Gasteiger partial charge in [-0.2, -0.15) is 0 Å². The molecule has 4 nitrogen and oxygen atoms in total. The van der Waals surface area contributed by atoms with Gasteiger partial charge in [0.1, 0.15) is 5.78 Å². The van der Waals surface area contributed by atoms with E-state index in [4.69, 9.17) is 4.74 Å². The number of Topliss-reactive ketones (excluding diaryl/α,β-unsaturated/α-hetero) is 1. The van der Waals surface area contributed by atoms with Crippen LogP contribution in [0.4, 0.5) is 0 Å². The van der Waals surface area contributed by atoms with Crippen molar-refractivity contribution in [1.82, 2.24) is 5.32 Å². The van der Waals surface area contributed by atoms with Crippen LogP contribution in [-0.2, 0) is 14.3 Å². The monoisotopic (exact) mass is 211 g/mol. The van der Waals surface area contributed by atoms with E-state index in [0.717, 1.165) is 19.3 Å². The Hall–Kier alpha value is -0.900. The number of amides is 1. The summed E-state index contributed by atoms with van der Waals surface area (Å²) < 4.78 is 5.70. The van der Waals surface area contributed by atoms with Crippen molar-refractivity contribution in [2.24, 2.45) is 0 Å². The Bertz CT molecular complexity index is 255. The minimum Gasteiger partial charge on any atom is -0.376 e. The summed E-state index contributed by atoms with van der Waals surface area (Å²) in [6.07, 6.45) is 4.73. The highest BCUT2D eigenvalue weighted by molar-refractivity contribution is 5.79. The third kappa shape index (κ3) is 3.02. The van der Waals surface area contributed by atoms with Crippen LogP contribution < -0.4 is 5.32 Å².